The highest BCUT2D eigenvalue weighted by Crippen LogP contribution is 2.00. The number of hydrogen-bond donors (Lipinski definition) is 0. The van der Waals surface area contributed by atoms with Crippen LogP contribution in [0.5, 0.6) is 0 Å². The smallest absolute Gasteiger partial charge is 0.000655 e. The maximum Gasteiger partial charge on any atom is -0.000655 e. The van der Waals surface area contributed by atoms with Crippen molar-refractivity contribution in [3.05, 3.63) is 0 Å². The second-order valence-electron chi connectivity index (χ2n) is 4.71. The van der Waals surface area contributed by atoms with Crippen molar-refractivity contribution >= 4 is 0 Å². The van der Waals surface area contributed by atoms with Crippen molar-refractivity contribution < 1.29 is 0 Å². The summed E-state index contributed by atoms with van der Waals surface area (Å²) in [5, 5.41) is 0. The summed E-state index contributed by atoms with van der Waals surface area (Å²) in [6, 6.07) is 0. The van der Waals surface area contributed by atoms with Crippen LogP contribution in [0.2, 0.25) is 0 Å². The lowest BCUT2D eigenvalue weighted by molar-refractivity contribution is 0.248. The van der Waals surface area contributed by atoms with Crippen LogP contribution in [0.1, 0.15) is 46.0 Å². The monoisotopic (exact) mass is 214 g/mol. The quantitative estimate of drug-likeness (QED) is 0.552. The Morgan fingerprint density at radius 2 is 1.13 bits per heavy atom. The molecule has 0 aliphatic heterocycles. The average Bonchev–Trinajstić information content (AvgIpc) is 2.20. The van der Waals surface area contributed by atoms with Crippen molar-refractivity contribution in [1.82, 2.24) is 9.80 Å². The van der Waals surface area contributed by atoms with E-state index in [1.165, 1.54) is 58.3 Å². The van der Waals surface area contributed by atoms with Crippen molar-refractivity contribution in [2.24, 2.45) is 0 Å². The molecule has 0 bridgehead atoms. The first-order valence-corrected chi connectivity index (χ1v) is 6.57. The summed E-state index contributed by atoms with van der Waals surface area (Å²) < 4.78 is 0. The van der Waals surface area contributed by atoms with E-state index in [0.717, 1.165) is 0 Å². The van der Waals surface area contributed by atoms with E-state index < -0.39 is 0 Å². The minimum absolute atomic E-state index is 1.22. The third kappa shape index (κ3) is 10.2. The molecule has 0 aromatic rings. The Kier molecular flexibility index (Phi) is 10.4. The van der Waals surface area contributed by atoms with Gasteiger partial charge in [-0.3, -0.25) is 0 Å². The van der Waals surface area contributed by atoms with E-state index in [4.69, 9.17) is 0 Å². The van der Waals surface area contributed by atoms with Crippen LogP contribution in [0, 0.1) is 0 Å². The van der Waals surface area contributed by atoms with Crippen molar-refractivity contribution in [3.8, 4) is 0 Å². The van der Waals surface area contributed by atoms with Crippen LogP contribution in [0.15, 0.2) is 0 Å². The van der Waals surface area contributed by atoms with E-state index in [9.17, 15) is 0 Å². The van der Waals surface area contributed by atoms with E-state index >= 15 is 0 Å². The van der Waals surface area contributed by atoms with Gasteiger partial charge in [-0.25, -0.2) is 0 Å². The van der Waals surface area contributed by atoms with Gasteiger partial charge in [0.25, 0.3) is 0 Å². The number of hydrogen-bond acceptors (Lipinski definition) is 2. The van der Waals surface area contributed by atoms with Crippen molar-refractivity contribution in [3.63, 3.8) is 0 Å². The zero-order valence-corrected chi connectivity index (χ0v) is 11.3. The molecule has 0 rings (SSSR count). The fraction of sp³-hybridized carbons (Fsp3) is 1.00. The van der Waals surface area contributed by atoms with E-state index in [1.807, 2.05) is 0 Å². The highest BCUT2D eigenvalue weighted by Gasteiger charge is 2.03. The van der Waals surface area contributed by atoms with Crippen molar-refractivity contribution in [1.29, 1.82) is 0 Å². The van der Waals surface area contributed by atoms with Gasteiger partial charge in [0.2, 0.25) is 0 Å². The van der Waals surface area contributed by atoms with Crippen molar-refractivity contribution in [2.45, 2.75) is 46.0 Å². The highest BCUT2D eigenvalue weighted by molar-refractivity contribution is 4.59. The molecule has 0 amide bonds. The van der Waals surface area contributed by atoms with Crippen LogP contribution >= 0.6 is 0 Å². The maximum absolute atomic E-state index is 2.64. The zero-order valence-electron chi connectivity index (χ0n) is 11.3. The number of nitrogens with zero attached hydrogens (tertiary/aromatic N) is 2. The molecule has 0 fully saturated rings. The molecule has 15 heavy (non-hydrogen) atoms. The fourth-order valence-electron chi connectivity index (χ4n) is 1.71. The van der Waals surface area contributed by atoms with Crippen molar-refractivity contribution in [2.75, 3.05) is 40.3 Å². The van der Waals surface area contributed by atoms with Gasteiger partial charge in [0.05, 0.1) is 0 Å². The summed E-state index contributed by atoms with van der Waals surface area (Å²) in [5.74, 6) is 0. The molecule has 2 heteroatoms. The molecule has 2 nitrogen and oxygen atoms in total. The lowest BCUT2D eigenvalue weighted by atomic mass is 10.2. The zero-order chi connectivity index (χ0) is 11.5. The van der Waals surface area contributed by atoms with Gasteiger partial charge in [-0.15, -0.1) is 0 Å². The van der Waals surface area contributed by atoms with Gasteiger partial charge in [-0.1, -0.05) is 26.7 Å². The second-order valence-corrected chi connectivity index (χ2v) is 4.71. The minimum atomic E-state index is 1.22. The van der Waals surface area contributed by atoms with Crippen LogP contribution in [0.25, 0.3) is 0 Å². The van der Waals surface area contributed by atoms with Gasteiger partial charge in [-0.2, -0.15) is 0 Å². The molecule has 0 heterocycles. The van der Waals surface area contributed by atoms with E-state index in [-0.39, 0.29) is 0 Å². The minimum Gasteiger partial charge on any atom is -0.309 e. The molecule has 0 N–H and O–H groups in total. The van der Waals surface area contributed by atoms with Crippen LogP contribution in [-0.4, -0.2) is 50.1 Å². The van der Waals surface area contributed by atoms with Gasteiger partial charge in [0.1, 0.15) is 0 Å². The van der Waals surface area contributed by atoms with Crippen LogP contribution in [-0.2, 0) is 0 Å². The summed E-state index contributed by atoms with van der Waals surface area (Å²) in [4.78, 5) is 4.91. The molecule has 0 atom stereocenters. The predicted octanol–water partition coefficient (Wildman–Crippen LogP) is 2.84. The van der Waals surface area contributed by atoms with Crippen LogP contribution < -0.4 is 0 Å². The molecule has 0 saturated carbocycles. The maximum atomic E-state index is 2.64. The van der Waals surface area contributed by atoms with E-state index in [0.29, 0.717) is 0 Å². The summed E-state index contributed by atoms with van der Waals surface area (Å²) in [6.07, 6.45) is 6.64. The Labute approximate surface area is 96.6 Å². The van der Waals surface area contributed by atoms with Gasteiger partial charge >= 0.3 is 0 Å². The molecule has 0 spiro atoms. The molecule has 0 unspecified atom stereocenters. The Bertz CT molecular complexity index is 116. The Balaban J connectivity index is 3.58. The SMILES string of the molecule is CCCCN(CCCC)CCCN(C)C. The molecular weight excluding hydrogens is 184 g/mol. The molecule has 0 aliphatic carbocycles. The molecule has 0 saturated heterocycles. The average molecular weight is 214 g/mol. The van der Waals surface area contributed by atoms with Gasteiger partial charge in [-0.05, 0) is 59.5 Å². The number of rotatable bonds is 10. The second kappa shape index (κ2) is 10.4. The topological polar surface area (TPSA) is 6.48 Å². The third-order valence-electron chi connectivity index (χ3n) is 2.74. The number of unbranched alkanes of at least 4 members (excludes halogenated alkanes) is 2. The summed E-state index contributed by atoms with van der Waals surface area (Å²) >= 11 is 0. The van der Waals surface area contributed by atoms with Gasteiger partial charge in [0, 0.05) is 0 Å². The predicted molar refractivity (Wildman–Crippen MR) is 69.4 cm³/mol. The first kappa shape index (κ1) is 14.9. The summed E-state index contributed by atoms with van der Waals surface area (Å²) in [5.41, 5.74) is 0. The molecule has 0 aromatic carbocycles. The first-order valence-electron chi connectivity index (χ1n) is 6.57. The lowest BCUT2D eigenvalue weighted by Crippen LogP contribution is -2.29. The summed E-state index contributed by atoms with van der Waals surface area (Å²) in [6.45, 7) is 9.64. The third-order valence-corrected chi connectivity index (χ3v) is 2.74. The van der Waals surface area contributed by atoms with Crippen LogP contribution in [0.4, 0.5) is 0 Å². The Hall–Kier alpha value is -0.0800. The normalized spacial score (nSPS) is 11.6. The standard InChI is InChI=1S/C13H30N2/c1-5-7-11-15(12-8-6-2)13-9-10-14(3)4/h5-13H2,1-4H3. The highest BCUT2D eigenvalue weighted by atomic mass is 15.1. The summed E-state index contributed by atoms with van der Waals surface area (Å²) in [7, 11) is 4.31. The molecule has 92 valence electrons. The molecular formula is C13H30N2. The van der Waals surface area contributed by atoms with Crippen LogP contribution in [0.3, 0.4) is 0 Å². The molecule has 0 radical (unpaired) electrons. The lowest BCUT2D eigenvalue weighted by Gasteiger charge is -2.22. The van der Waals surface area contributed by atoms with E-state index in [1.54, 1.807) is 0 Å². The molecule has 0 aliphatic rings. The Morgan fingerprint density at radius 1 is 0.667 bits per heavy atom. The van der Waals surface area contributed by atoms with Gasteiger partial charge in [0.15, 0.2) is 0 Å². The molecule has 0 aromatic heterocycles. The largest absolute Gasteiger partial charge is 0.309 e. The Morgan fingerprint density at radius 3 is 1.53 bits per heavy atom. The van der Waals surface area contributed by atoms with Gasteiger partial charge < -0.3 is 9.80 Å². The fourth-order valence-corrected chi connectivity index (χ4v) is 1.71. The first-order chi connectivity index (χ1) is 7.20. The van der Waals surface area contributed by atoms with E-state index in [2.05, 4.69) is 37.7 Å².